The van der Waals surface area contributed by atoms with Gasteiger partial charge in [-0.05, 0) is 36.6 Å². The maximum absolute atomic E-state index is 11.1. The van der Waals surface area contributed by atoms with Crippen molar-refractivity contribution in [1.29, 1.82) is 0 Å². The number of hydrogen-bond donors (Lipinski definition) is 1. The highest BCUT2D eigenvalue weighted by Crippen LogP contribution is 2.15. The molecule has 0 aliphatic rings. The molecule has 2 rings (SSSR count). The van der Waals surface area contributed by atoms with Gasteiger partial charge < -0.3 is 5.11 Å². The Morgan fingerprint density at radius 1 is 1.06 bits per heavy atom. The lowest BCUT2D eigenvalue weighted by molar-refractivity contribution is 0.101. The summed E-state index contributed by atoms with van der Waals surface area (Å²) in [6.07, 6.45) is 0.757. The normalized spacial score (nSPS) is 10.2. The van der Waals surface area contributed by atoms with Gasteiger partial charge in [0, 0.05) is 5.56 Å². The van der Waals surface area contributed by atoms with Crippen molar-refractivity contribution < 1.29 is 9.90 Å². The van der Waals surface area contributed by atoms with E-state index in [1.54, 1.807) is 19.1 Å². The molecule has 86 valence electrons. The van der Waals surface area contributed by atoms with Crippen molar-refractivity contribution in [3.8, 4) is 5.75 Å². The molecule has 2 aromatic carbocycles. The quantitative estimate of drug-likeness (QED) is 0.816. The molecule has 0 saturated carbocycles. The first-order chi connectivity index (χ1) is 8.15. The van der Waals surface area contributed by atoms with Gasteiger partial charge in [0.2, 0.25) is 0 Å². The maximum Gasteiger partial charge on any atom is 0.159 e. The van der Waals surface area contributed by atoms with Crippen molar-refractivity contribution in [2.24, 2.45) is 0 Å². The SMILES string of the molecule is CC(=O)c1ccc(Cc2cccc(O)c2)cc1. The summed E-state index contributed by atoms with van der Waals surface area (Å²) in [5.74, 6) is 0.358. The number of phenols is 1. The molecule has 2 nitrogen and oxygen atoms in total. The van der Waals surface area contributed by atoms with Gasteiger partial charge in [0.25, 0.3) is 0 Å². The second-order valence-electron chi connectivity index (χ2n) is 4.10. The number of ketones is 1. The number of phenolic OH excluding ortho intramolecular Hbond substituents is 1. The first-order valence-electron chi connectivity index (χ1n) is 5.53. The minimum Gasteiger partial charge on any atom is -0.508 e. The van der Waals surface area contributed by atoms with Crippen molar-refractivity contribution in [1.82, 2.24) is 0 Å². The third-order valence-electron chi connectivity index (χ3n) is 2.68. The molecule has 0 aromatic heterocycles. The van der Waals surface area contributed by atoms with E-state index in [4.69, 9.17) is 0 Å². The van der Waals surface area contributed by atoms with Crippen LogP contribution in [0.4, 0.5) is 0 Å². The Morgan fingerprint density at radius 3 is 2.35 bits per heavy atom. The van der Waals surface area contributed by atoms with Crippen LogP contribution in [0.3, 0.4) is 0 Å². The molecule has 0 bridgehead atoms. The van der Waals surface area contributed by atoms with Crippen molar-refractivity contribution in [3.05, 3.63) is 65.2 Å². The molecule has 2 aromatic rings. The smallest absolute Gasteiger partial charge is 0.159 e. The van der Waals surface area contributed by atoms with Crippen LogP contribution in [0, 0.1) is 0 Å². The lowest BCUT2D eigenvalue weighted by atomic mass is 10.0. The van der Waals surface area contributed by atoms with E-state index in [2.05, 4.69) is 0 Å². The second-order valence-corrected chi connectivity index (χ2v) is 4.10. The first kappa shape index (κ1) is 11.4. The molecule has 1 N–H and O–H groups in total. The third kappa shape index (κ3) is 2.94. The Balaban J connectivity index is 2.16. The molecule has 0 amide bonds. The summed E-state index contributed by atoms with van der Waals surface area (Å²) in [7, 11) is 0. The average molecular weight is 226 g/mol. The van der Waals surface area contributed by atoms with E-state index in [-0.39, 0.29) is 11.5 Å². The highest BCUT2D eigenvalue weighted by molar-refractivity contribution is 5.94. The fraction of sp³-hybridized carbons (Fsp3) is 0.133. The van der Waals surface area contributed by atoms with Crippen LogP contribution in [0.1, 0.15) is 28.4 Å². The molecule has 0 spiro atoms. The lowest BCUT2D eigenvalue weighted by Gasteiger charge is -2.03. The zero-order valence-corrected chi connectivity index (χ0v) is 9.68. The van der Waals surface area contributed by atoms with Gasteiger partial charge in [0.1, 0.15) is 5.75 Å². The highest BCUT2D eigenvalue weighted by atomic mass is 16.3. The average Bonchev–Trinajstić information content (AvgIpc) is 2.29. The standard InChI is InChI=1S/C15H14O2/c1-11(16)14-7-5-12(6-8-14)9-13-3-2-4-15(17)10-13/h2-8,10,17H,9H2,1H3. The van der Waals surface area contributed by atoms with Crippen LogP contribution in [0.15, 0.2) is 48.5 Å². The number of Topliss-reactive ketones (excluding diaryl/α,β-unsaturated/α-hetero) is 1. The van der Waals surface area contributed by atoms with Crippen LogP contribution in [0.5, 0.6) is 5.75 Å². The minimum absolute atomic E-state index is 0.0777. The van der Waals surface area contributed by atoms with Crippen LogP contribution in [-0.4, -0.2) is 10.9 Å². The fourth-order valence-electron chi connectivity index (χ4n) is 1.76. The molecule has 0 aliphatic heterocycles. The molecule has 0 fully saturated rings. The van der Waals surface area contributed by atoms with E-state index in [1.165, 1.54) is 0 Å². The summed E-state index contributed by atoms with van der Waals surface area (Å²) in [6.45, 7) is 1.56. The number of aromatic hydroxyl groups is 1. The molecule has 2 heteroatoms. The fourth-order valence-corrected chi connectivity index (χ4v) is 1.76. The number of hydrogen-bond acceptors (Lipinski definition) is 2. The molecule has 17 heavy (non-hydrogen) atoms. The van der Waals surface area contributed by atoms with Gasteiger partial charge in [0.05, 0.1) is 0 Å². The van der Waals surface area contributed by atoms with Gasteiger partial charge in [-0.3, -0.25) is 4.79 Å². The van der Waals surface area contributed by atoms with E-state index >= 15 is 0 Å². The van der Waals surface area contributed by atoms with E-state index < -0.39 is 0 Å². The van der Waals surface area contributed by atoms with Gasteiger partial charge in [-0.25, -0.2) is 0 Å². The summed E-state index contributed by atoms with van der Waals surface area (Å²) in [5.41, 5.74) is 2.91. The Morgan fingerprint density at radius 2 is 1.76 bits per heavy atom. The minimum atomic E-state index is 0.0777. The summed E-state index contributed by atoms with van der Waals surface area (Å²) in [6, 6.07) is 14.8. The van der Waals surface area contributed by atoms with E-state index in [0.29, 0.717) is 0 Å². The molecular formula is C15H14O2. The first-order valence-corrected chi connectivity index (χ1v) is 5.53. The van der Waals surface area contributed by atoms with E-state index in [9.17, 15) is 9.90 Å². The number of carbonyl (C=O) groups excluding carboxylic acids is 1. The Hall–Kier alpha value is -2.09. The Kier molecular flexibility index (Phi) is 3.24. The largest absolute Gasteiger partial charge is 0.508 e. The number of benzene rings is 2. The topological polar surface area (TPSA) is 37.3 Å². The van der Waals surface area contributed by atoms with E-state index in [0.717, 1.165) is 23.1 Å². The molecule has 0 aliphatic carbocycles. The van der Waals surface area contributed by atoms with Crippen molar-refractivity contribution in [2.75, 3.05) is 0 Å². The van der Waals surface area contributed by atoms with Crippen molar-refractivity contribution >= 4 is 5.78 Å². The molecular weight excluding hydrogens is 212 g/mol. The number of carbonyl (C=O) groups is 1. The summed E-state index contributed by atoms with van der Waals surface area (Å²) < 4.78 is 0. The van der Waals surface area contributed by atoms with Crippen LogP contribution in [0.25, 0.3) is 0 Å². The van der Waals surface area contributed by atoms with Crippen molar-refractivity contribution in [2.45, 2.75) is 13.3 Å². The maximum atomic E-state index is 11.1. The predicted octanol–water partition coefficient (Wildman–Crippen LogP) is 3.19. The molecule has 0 unspecified atom stereocenters. The van der Waals surface area contributed by atoms with Crippen LogP contribution >= 0.6 is 0 Å². The molecule has 0 saturated heterocycles. The van der Waals surface area contributed by atoms with Gasteiger partial charge in [-0.2, -0.15) is 0 Å². The third-order valence-corrected chi connectivity index (χ3v) is 2.68. The lowest BCUT2D eigenvalue weighted by Crippen LogP contribution is -1.93. The Bertz CT molecular complexity index is 527. The van der Waals surface area contributed by atoms with E-state index in [1.807, 2.05) is 36.4 Å². The predicted molar refractivity (Wildman–Crippen MR) is 67.4 cm³/mol. The zero-order valence-electron chi connectivity index (χ0n) is 9.68. The van der Waals surface area contributed by atoms with Gasteiger partial charge in [-0.15, -0.1) is 0 Å². The number of rotatable bonds is 3. The highest BCUT2D eigenvalue weighted by Gasteiger charge is 2.00. The van der Waals surface area contributed by atoms with Crippen LogP contribution < -0.4 is 0 Å². The van der Waals surface area contributed by atoms with Gasteiger partial charge in [0.15, 0.2) is 5.78 Å². The second kappa shape index (κ2) is 4.83. The molecule has 0 atom stereocenters. The zero-order chi connectivity index (χ0) is 12.3. The monoisotopic (exact) mass is 226 g/mol. The summed E-state index contributed by atoms with van der Waals surface area (Å²) in [4.78, 5) is 11.1. The van der Waals surface area contributed by atoms with Gasteiger partial charge >= 0.3 is 0 Å². The summed E-state index contributed by atoms with van der Waals surface area (Å²) in [5, 5.41) is 9.36. The summed E-state index contributed by atoms with van der Waals surface area (Å²) >= 11 is 0. The van der Waals surface area contributed by atoms with Gasteiger partial charge in [-0.1, -0.05) is 36.4 Å². The molecule has 0 heterocycles. The van der Waals surface area contributed by atoms with Crippen LogP contribution in [-0.2, 0) is 6.42 Å². The molecule has 0 radical (unpaired) electrons. The van der Waals surface area contributed by atoms with Crippen molar-refractivity contribution in [3.63, 3.8) is 0 Å². The van der Waals surface area contributed by atoms with Crippen LogP contribution in [0.2, 0.25) is 0 Å². The Labute approximate surface area is 101 Å².